The van der Waals surface area contributed by atoms with Crippen molar-refractivity contribution in [2.75, 3.05) is 45.2 Å². The van der Waals surface area contributed by atoms with E-state index < -0.39 is 0 Å². The van der Waals surface area contributed by atoms with Crippen molar-refractivity contribution < 1.29 is 19.1 Å². The molecule has 1 fully saturated rings. The molecule has 1 N–H and O–H groups in total. The number of anilines is 2. The molecule has 1 aromatic heterocycles. The first-order valence-electron chi connectivity index (χ1n) is 9.60. The lowest BCUT2D eigenvalue weighted by molar-refractivity contribution is 0.0570. The number of ether oxygens (including phenoxy) is 2. The Kier molecular flexibility index (Phi) is 6.54. The topological polar surface area (TPSA) is 84.0 Å². The van der Waals surface area contributed by atoms with Gasteiger partial charge in [0.25, 0.3) is 5.91 Å². The summed E-state index contributed by atoms with van der Waals surface area (Å²) in [4.78, 5) is 32.2. The maximum absolute atomic E-state index is 12.7. The number of carbonyl (C=O) groups excluding carboxylic acids is 2. The van der Waals surface area contributed by atoms with Crippen LogP contribution in [0.15, 0.2) is 36.5 Å². The van der Waals surface area contributed by atoms with E-state index in [9.17, 15) is 9.59 Å². The SMILES string of the molecule is CCOC(=O)N1CCN(C(=O)c2ccc(Nc3cc(C)ccc3OC)nc2)CC1. The Morgan fingerprint density at radius 1 is 1.10 bits per heavy atom. The fourth-order valence-corrected chi connectivity index (χ4v) is 3.14. The monoisotopic (exact) mass is 398 g/mol. The fraction of sp³-hybridized carbons (Fsp3) is 0.381. The zero-order valence-electron chi connectivity index (χ0n) is 17.0. The molecule has 8 heteroatoms. The van der Waals surface area contributed by atoms with Crippen molar-refractivity contribution in [2.45, 2.75) is 13.8 Å². The minimum absolute atomic E-state index is 0.0966. The lowest BCUT2D eigenvalue weighted by atomic mass is 10.2. The molecule has 1 aliphatic heterocycles. The number of amides is 2. The van der Waals surface area contributed by atoms with Crippen molar-refractivity contribution >= 4 is 23.5 Å². The van der Waals surface area contributed by atoms with E-state index in [1.807, 2.05) is 25.1 Å². The van der Waals surface area contributed by atoms with Crippen molar-refractivity contribution in [1.82, 2.24) is 14.8 Å². The summed E-state index contributed by atoms with van der Waals surface area (Å²) >= 11 is 0. The molecule has 0 atom stereocenters. The highest BCUT2D eigenvalue weighted by molar-refractivity contribution is 5.94. The number of carbonyl (C=O) groups is 2. The number of hydrogen-bond acceptors (Lipinski definition) is 6. The highest BCUT2D eigenvalue weighted by Crippen LogP contribution is 2.28. The summed E-state index contributed by atoms with van der Waals surface area (Å²) < 4.78 is 10.4. The number of aromatic nitrogens is 1. The van der Waals surface area contributed by atoms with Crippen LogP contribution in [-0.2, 0) is 4.74 Å². The number of benzene rings is 1. The van der Waals surface area contributed by atoms with Gasteiger partial charge in [0.15, 0.2) is 0 Å². The Morgan fingerprint density at radius 3 is 2.45 bits per heavy atom. The van der Waals surface area contributed by atoms with Crippen molar-refractivity contribution in [3.8, 4) is 5.75 Å². The highest BCUT2D eigenvalue weighted by atomic mass is 16.6. The third-order valence-electron chi connectivity index (χ3n) is 4.72. The van der Waals surface area contributed by atoms with Gasteiger partial charge < -0.3 is 24.6 Å². The molecule has 8 nitrogen and oxygen atoms in total. The van der Waals surface area contributed by atoms with Crippen LogP contribution >= 0.6 is 0 Å². The molecule has 1 aliphatic rings. The number of methoxy groups -OCH3 is 1. The quantitative estimate of drug-likeness (QED) is 0.833. The Balaban J connectivity index is 1.61. The molecule has 1 aromatic carbocycles. The fourth-order valence-electron chi connectivity index (χ4n) is 3.14. The average Bonchev–Trinajstić information content (AvgIpc) is 2.74. The third kappa shape index (κ3) is 4.96. The molecule has 29 heavy (non-hydrogen) atoms. The van der Waals surface area contributed by atoms with Crippen LogP contribution in [0, 0.1) is 6.92 Å². The van der Waals surface area contributed by atoms with Crippen molar-refractivity contribution in [2.24, 2.45) is 0 Å². The predicted molar refractivity (Wildman–Crippen MR) is 110 cm³/mol. The van der Waals surface area contributed by atoms with Crippen LogP contribution in [0.1, 0.15) is 22.8 Å². The van der Waals surface area contributed by atoms with Gasteiger partial charge in [0.1, 0.15) is 11.6 Å². The van der Waals surface area contributed by atoms with E-state index >= 15 is 0 Å². The standard InChI is InChI=1S/C21H26N4O4/c1-4-29-21(27)25-11-9-24(10-12-25)20(26)16-6-8-19(22-14-16)23-17-13-15(2)5-7-18(17)28-3/h5-8,13-14H,4,9-12H2,1-3H3,(H,22,23). The number of pyridine rings is 1. The van der Waals surface area contributed by atoms with Gasteiger partial charge >= 0.3 is 6.09 Å². The average molecular weight is 398 g/mol. The summed E-state index contributed by atoms with van der Waals surface area (Å²) in [5.74, 6) is 1.25. The molecule has 0 aliphatic carbocycles. The van der Waals surface area contributed by atoms with Crippen LogP contribution in [0.25, 0.3) is 0 Å². The summed E-state index contributed by atoms with van der Waals surface area (Å²) in [5.41, 5.74) is 2.42. The Morgan fingerprint density at radius 2 is 1.83 bits per heavy atom. The Labute approximate surface area is 170 Å². The number of aryl methyl sites for hydroxylation is 1. The number of nitrogens with one attached hydrogen (secondary N) is 1. The lowest BCUT2D eigenvalue weighted by Crippen LogP contribution is -2.50. The second-order valence-corrected chi connectivity index (χ2v) is 6.74. The molecule has 0 spiro atoms. The maximum atomic E-state index is 12.7. The second kappa shape index (κ2) is 9.27. The summed E-state index contributed by atoms with van der Waals surface area (Å²) in [5, 5.41) is 3.22. The first-order chi connectivity index (χ1) is 14.0. The van der Waals surface area contributed by atoms with E-state index in [0.717, 1.165) is 17.0 Å². The molecule has 0 unspecified atom stereocenters. The van der Waals surface area contributed by atoms with E-state index in [2.05, 4.69) is 10.3 Å². The largest absolute Gasteiger partial charge is 0.495 e. The molecular weight excluding hydrogens is 372 g/mol. The predicted octanol–water partition coefficient (Wildman–Crippen LogP) is 3.06. The summed E-state index contributed by atoms with van der Waals surface area (Å²) in [6.45, 7) is 5.99. The van der Waals surface area contributed by atoms with Gasteiger partial charge in [-0.2, -0.15) is 0 Å². The number of piperazine rings is 1. The van der Waals surface area contributed by atoms with Gasteiger partial charge in [0, 0.05) is 32.4 Å². The Bertz CT molecular complexity index is 861. The summed E-state index contributed by atoms with van der Waals surface area (Å²) in [7, 11) is 1.62. The molecule has 1 saturated heterocycles. The van der Waals surface area contributed by atoms with Gasteiger partial charge in [-0.25, -0.2) is 9.78 Å². The molecule has 2 aromatic rings. The zero-order valence-corrected chi connectivity index (χ0v) is 17.0. The summed E-state index contributed by atoms with van der Waals surface area (Å²) in [6, 6.07) is 9.36. The molecule has 2 amide bonds. The van der Waals surface area contributed by atoms with E-state index in [-0.39, 0.29) is 12.0 Å². The zero-order chi connectivity index (χ0) is 20.8. The van der Waals surface area contributed by atoms with Crippen molar-refractivity contribution in [3.63, 3.8) is 0 Å². The minimum atomic E-state index is -0.330. The van der Waals surface area contributed by atoms with Crippen LogP contribution < -0.4 is 10.1 Å². The third-order valence-corrected chi connectivity index (χ3v) is 4.72. The van der Waals surface area contributed by atoms with E-state index in [1.54, 1.807) is 42.2 Å². The highest BCUT2D eigenvalue weighted by Gasteiger charge is 2.25. The van der Waals surface area contributed by atoms with Gasteiger partial charge in [-0.15, -0.1) is 0 Å². The molecule has 0 bridgehead atoms. The molecule has 3 rings (SSSR count). The first kappa shape index (κ1) is 20.4. The lowest BCUT2D eigenvalue weighted by Gasteiger charge is -2.34. The van der Waals surface area contributed by atoms with Crippen LogP contribution in [-0.4, -0.2) is 66.7 Å². The minimum Gasteiger partial charge on any atom is -0.495 e. The Hall–Kier alpha value is -3.29. The van der Waals surface area contributed by atoms with Crippen LogP contribution in [0.3, 0.4) is 0 Å². The molecule has 154 valence electrons. The van der Waals surface area contributed by atoms with Crippen LogP contribution in [0.4, 0.5) is 16.3 Å². The number of rotatable bonds is 5. The second-order valence-electron chi connectivity index (χ2n) is 6.74. The molecule has 0 saturated carbocycles. The van der Waals surface area contributed by atoms with Crippen LogP contribution in [0.5, 0.6) is 5.75 Å². The number of nitrogens with zero attached hydrogens (tertiary/aromatic N) is 3. The molecule has 2 heterocycles. The van der Waals surface area contributed by atoms with Gasteiger partial charge in [-0.05, 0) is 43.7 Å². The van der Waals surface area contributed by atoms with Gasteiger partial charge in [0.05, 0.1) is 25.0 Å². The normalized spacial score (nSPS) is 13.8. The van der Waals surface area contributed by atoms with Crippen molar-refractivity contribution in [1.29, 1.82) is 0 Å². The van der Waals surface area contributed by atoms with E-state index in [1.165, 1.54) is 0 Å². The van der Waals surface area contributed by atoms with E-state index in [0.29, 0.717) is 44.2 Å². The summed E-state index contributed by atoms with van der Waals surface area (Å²) in [6.07, 6.45) is 1.23. The van der Waals surface area contributed by atoms with E-state index in [4.69, 9.17) is 9.47 Å². The van der Waals surface area contributed by atoms with Crippen LogP contribution in [0.2, 0.25) is 0 Å². The molecule has 0 radical (unpaired) electrons. The maximum Gasteiger partial charge on any atom is 0.409 e. The van der Waals surface area contributed by atoms with Crippen molar-refractivity contribution in [3.05, 3.63) is 47.7 Å². The first-order valence-corrected chi connectivity index (χ1v) is 9.60. The van der Waals surface area contributed by atoms with Gasteiger partial charge in [-0.1, -0.05) is 6.07 Å². The van der Waals surface area contributed by atoms with Gasteiger partial charge in [-0.3, -0.25) is 4.79 Å². The smallest absolute Gasteiger partial charge is 0.409 e. The number of hydrogen-bond donors (Lipinski definition) is 1. The van der Waals surface area contributed by atoms with Gasteiger partial charge in [0.2, 0.25) is 0 Å². The molecular formula is C21H26N4O4.